The number of hydrogen-bond donors (Lipinski definition) is 2. The van der Waals surface area contributed by atoms with Gasteiger partial charge < -0.3 is 20.1 Å². The quantitative estimate of drug-likeness (QED) is 0.610. The molecule has 182 valence electrons. The number of aryl methyl sites for hydroxylation is 2. The van der Waals surface area contributed by atoms with E-state index in [9.17, 15) is 14.7 Å². The van der Waals surface area contributed by atoms with Crippen LogP contribution in [0.1, 0.15) is 43.5 Å². The first-order chi connectivity index (χ1) is 16.3. The van der Waals surface area contributed by atoms with Crippen LogP contribution in [-0.4, -0.2) is 61.7 Å². The molecule has 0 aromatic carbocycles. The third-order valence-electron chi connectivity index (χ3n) is 7.74. The summed E-state index contributed by atoms with van der Waals surface area (Å²) in [4.78, 5) is 30.3. The number of carboxylic acids is 1. The maximum atomic E-state index is 12.5. The molecule has 0 aliphatic heterocycles. The first-order valence-corrected chi connectivity index (χ1v) is 12.1. The Bertz CT molecular complexity index is 1100. The summed E-state index contributed by atoms with van der Waals surface area (Å²) in [5, 5.41) is 20.7. The molecule has 3 saturated carbocycles. The highest BCUT2D eigenvalue weighted by atomic mass is 16.5. The van der Waals surface area contributed by atoms with Crippen LogP contribution in [0.25, 0.3) is 11.4 Å². The zero-order valence-corrected chi connectivity index (χ0v) is 19.9. The molecule has 0 bridgehead atoms. The molecule has 5 rings (SSSR count). The monoisotopic (exact) mass is 468 g/mol. The Hall–Kier alpha value is -3.17. The van der Waals surface area contributed by atoms with Gasteiger partial charge in [-0.25, -0.2) is 14.5 Å². The van der Waals surface area contributed by atoms with Gasteiger partial charge in [-0.3, -0.25) is 4.79 Å². The summed E-state index contributed by atoms with van der Waals surface area (Å²) in [5.41, 5.74) is 2.76. The Morgan fingerprint density at radius 3 is 2.71 bits per heavy atom. The number of amides is 2. The standard InChI is InChI=1S/C24H32N6O4/c1-13-18(34-19-9-7-15-20(19)21(15)23(31)32)10-8-16(26-13)22-17(30(3)28-27-22)11-25-24(33)29(2)12-14-5-4-6-14/h8,10,14-15,19-21H,4-7,9,11-12H2,1-3H3,(H,25,33)(H,31,32)/t15?,19-,20?,21?/m1/s1. The largest absolute Gasteiger partial charge is 0.488 e. The lowest BCUT2D eigenvalue weighted by Gasteiger charge is -2.30. The molecule has 4 atom stereocenters. The maximum absolute atomic E-state index is 12.5. The summed E-state index contributed by atoms with van der Waals surface area (Å²) in [5.74, 6) is 0.653. The van der Waals surface area contributed by atoms with Crippen LogP contribution in [-0.2, 0) is 18.4 Å². The summed E-state index contributed by atoms with van der Waals surface area (Å²) in [6, 6.07) is 3.60. The number of ether oxygens (including phenoxy) is 1. The number of nitrogens with zero attached hydrogens (tertiary/aromatic N) is 5. The number of fused-ring (bicyclic) bond motifs is 1. The van der Waals surface area contributed by atoms with Gasteiger partial charge in [-0.05, 0) is 56.6 Å². The van der Waals surface area contributed by atoms with E-state index in [1.807, 2.05) is 26.1 Å². The van der Waals surface area contributed by atoms with Gasteiger partial charge in [0.1, 0.15) is 17.5 Å². The van der Waals surface area contributed by atoms with E-state index in [2.05, 4.69) is 15.6 Å². The second-order valence-electron chi connectivity index (χ2n) is 9.96. The predicted molar refractivity (Wildman–Crippen MR) is 123 cm³/mol. The van der Waals surface area contributed by atoms with Crippen molar-refractivity contribution in [3.8, 4) is 17.1 Å². The molecule has 10 heteroatoms. The molecular formula is C24H32N6O4. The summed E-state index contributed by atoms with van der Waals surface area (Å²) in [7, 11) is 3.62. The second-order valence-corrected chi connectivity index (χ2v) is 9.96. The summed E-state index contributed by atoms with van der Waals surface area (Å²) < 4.78 is 7.84. The van der Waals surface area contributed by atoms with E-state index in [4.69, 9.17) is 9.72 Å². The number of carboxylic acid groups (broad SMARTS) is 1. The van der Waals surface area contributed by atoms with E-state index in [-0.39, 0.29) is 29.9 Å². The highest BCUT2D eigenvalue weighted by Crippen LogP contribution is 2.58. The Labute approximate surface area is 198 Å². The third-order valence-corrected chi connectivity index (χ3v) is 7.74. The lowest BCUT2D eigenvalue weighted by molar-refractivity contribution is -0.139. The lowest BCUT2D eigenvalue weighted by Crippen LogP contribution is -2.41. The smallest absolute Gasteiger partial charge is 0.317 e. The molecule has 0 saturated heterocycles. The molecule has 2 amide bonds. The molecule has 2 N–H and O–H groups in total. The maximum Gasteiger partial charge on any atom is 0.317 e. The van der Waals surface area contributed by atoms with Gasteiger partial charge in [-0.1, -0.05) is 11.6 Å². The highest BCUT2D eigenvalue weighted by Gasteiger charge is 2.63. The molecule has 3 unspecified atom stereocenters. The van der Waals surface area contributed by atoms with Crippen molar-refractivity contribution in [3.05, 3.63) is 23.5 Å². The molecule has 34 heavy (non-hydrogen) atoms. The van der Waals surface area contributed by atoms with Crippen molar-refractivity contribution in [2.24, 2.45) is 30.7 Å². The fraction of sp³-hybridized carbons (Fsp3) is 0.625. The van der Waals surface area contributed by atoms with E-state index in [0.29, 0.717) is 35.3 Å². The number of pyridine rings is 1. The van der Waals surface area contributed by atoms with Crippen LogP contribution in [0.15, 0.2) is 12.1 Å². The number of aromatic nitrogens is 4. The molecule has 3 aliphatic rings. The number of carbonyl (C=O) groups is 2. The van der Waals surface area contributed by atoms with Crippen LogP contribution in [0, 0.1) is 30.6 Å². The first-order valence-electron chi connectivity index (χ1n) is 12.1. The molecule has 2 heterocycles. The van der Waals surface area contributed by atoms with Crippen molar-refractivity contribution in [3.63, 3.8) is 0 Å². The van der Waals surface area contributed by atoms with Gasteiger partial charge in [-0.15, -0.1) is 5.10 Å². The van der Waals surface area contributed by atoms with E-state index in [1.165, 1.54) is 19.3 Å². The molecular weight excluding hydrogens is 436 g/mol. The zero-order chi connectivity index (χ0) is 24.0. The number of carbonyl (C=O) groups excluding carboxylic acids is 1. The Balaban J connectivity index is 1.24. The van der Waals surface area contributed by atoms with Crippen LogP contribution in [0.3, 0.4) is 0 Å². The molecule has 2 aromatic heterocycles. The van der Waals surface area contributed by atoms with Gasteiger partial charge in [0.15, 0.2) is 0 Å². The number of rotatable bonds is 8. The van der Waals surface area contributed by atoms with Crippen molar-refractivity contribution in [1.82, 2.24) is 30.2 Å². The van der Waals surface area contributed by atoms with Crippen molar-refractivity contribution >= 4 is 12.0 Å². The van der Waals surface area contributed by atoms with Gasteiger partial charge in [0.25, 0.3) is 0 Å². The molecule has 10 nitrogen and oxygen atoms in total. The van der Waals surface area contributed by atoms with Crippen molar-refractivity contribution in [1.29, 1.82) is 0 Å². The number of nitrogens with one attached hydrogen (secondary N) is 1. The Kier molecular flexibility index (Phi) is 5.91. The van der Waals surface area contributed by atoms with Crippen LogP contribution < -0.4 is 10.1 Å². The summed E-state index contributed by atoms with van der Waals surface area (Å²) >= 11 is 0. The Morgan fingerprint density at radius 1 is 1.26 bits per heavy atom. The predicted octanol–water partition coefficient (Wildman–Crippen LogP) is 2.62. The zero-order valence-electron chi connectivity index (χ0n) is 19.9. The lowest BCUT2D eigenvalue weighted by atomic mass is 9.85. The summed E-state index contributed by atoms with van der Waals surface area (Å²) in [6.45, 7) is 2.95. The summed E-state index contributed by atoms with van der Waals surface area (Å²) in [6.07, 6.45) is 5.35. The van der Waals surface area contributed by atoms with Crippen LogP contribution in [0.4, 0.5) is 4.79 Å². The first kappa shape index (κ1) is 22.6. The van der Waals surface area contributed by atoms with E-state index >= 15 is 0 Å². The highest BCUT2D eigenvalue weighted by molar-refractivity contribution is 5.75. The minimum Gasteiger partial charge on any atom is -0.488 e. The fourth-order valence-electron chi connectivity index (χ4n) is 5.50. The van der Waals surface area contributed by atoms with Crippen molar-refractivity contribution < 1.29 is 19.4 Å². The third kappa shape index (κ3) is 4.21. The van der Waals surface area contributed by atoms with E-state index < -0.39 is 5.97 Å². The van der Waals surface area contributed by atoms with Crippen LogP contribution >= 0.6 is 0 Å². The van der Waals surface area contributed by atoms with E-state index in [1.54, 1.807) is 16.6 Å². The van der Waals surface area contributed by atoms with Crippen LogP contribution in [0.2, 0.25) is 0 Å². The van der Waals surface area contributed by atoms with Gasteiger partial charge >= 0.3 is 12.0 Å². The molecule has 0 radical (unpaired) electrons. The number of urea groups is 1. The molecule has 0 spiro atoms. The topological polar surface area (TPSA) is 122 Å². The van der Waals surface area contributed by atoms with Crippen molar-refractivity contribution in [2.75, 3.05) is 13.6 Å². The number of aliphatic carboxylic acids is 1. The minimum absolute atomic E-state index is 0.0725. The van der Waals surface area contributed by atoms with E-state index in [0.717, 1.165) is 25.1 Å². The van der Waals surface area contributed by atoms with Crippen LogP contribution in [0.5, 0.6) is 5.75 Å². The Morgan fingerprint density at radius 2 is 2.06 bits per heavy atom. The molecule has 3 fully saturated rings. The van der Waals surface area contributed by atoms with Gasteiger partial charge in [0.05, 0.1) is 29.5 Å². The normalized spacial score (nSPS) is 25.4. The van der Waals surface area contributed by atoms with Gasteiger partial charge in [-0.2, -0.15) is 0 Å². The molecule has 2 aromatic rings. The second kappa shape index (κ2) is 8.88. The molecule has 3 aliphatic carbocycles. The average molecular weight is 469 g/mol. The number of hydrogen-bond acceptors (Lipinski definition) is 6. The SMILES string of the molecule is Cc1nc(-c2nnn(C)c2CNC(=O)N(C)CC2CCC2)ccc1O[C@@H]1CCC2C(C(=O)O)C21. The van der Waals surface area contributed by atoms with Crippen molar-refractivity contribution in [2.45, 2.75) is 51.7 Å². The minimum atomic E-state index is -0.718. The average Bonchev–Trinajstić information content (AvgIpc) is 3.19. The van der Waals surface area contributed by atoms with Gasteiger partial charge in [0.2, 0.25) is 0 Å². The fourth-order valence-corrected chi connectivity index (χ4v) is 5.50. The van der Waals surface area contributed by atoms with Gasteiger partial charge in [0, 0.05) is 26.6 Å².